The fraction of sp³-hybridized carbons (Fsp3) is 1.00. The molecular weight excluding hydrogens is 138 g/mol. The average molecular weight is 148 g/mol. The van der Waals surface area contributed by atoms with Gasteiger partial charge in [-0.2, -0.15) is 0 Å². The Morgan fingerprint density at radius 1 is 1.33 bits per heavy atom. The summed E-state index contributed by atoms with van der Waals surface area (Å²) < 4.78 is 0. The maximum atomic E-state index is 7.86. The summed E-state index contributed by atoms with van der Waals surface area (Å²) in [4.78, 5) is 2.63. The molecule has 0 aromatic carbocycles. The fourth-order valence-electron chi connectivity index (χ4n) is 0.499. The summed E-state index contributed by atoms with van der Waals surface area (Å²) in [6.07, 6.45) is 3.03. The highest BCUT2D eigenvalue weighted by Gasteiger charge is 1.83. The van der Waals surface area contributed by atoms with Gasteiger partial charge in [-0.05, 0) is 18.4 Å². The number of hydrogen-bond acceptors (Lipinski definition) is 1. The number of halogens is 1. The molecule has 4 heteroatoms. The summed E-state index contributed by atoms with van der Waals surface area (Å²) in [5.74, 6) is 0.705. The molecule has 0 aliphatic rings. The van der Waals surface area contributed by atoms with Crippen LogP contribution in [0.15, 0.2) is 5.11 Å². The Kier molecular flexibility index (Phi) is 7.26. The van der Waals surface area contributed by atoms with Crippen LogP contribution in [0.4, 0.5) is 0 Å². The van der Waals surface area contributed by atoms with Crippen LogP contribution in [0.25, 0.3) is 10.4 Å². The van der Waals surface area contributed by atoms with Crippen LogP contribution < -0.4 is 0 Å². The minimum absolute atomic E-state index is 0.605. The van der Waals surface area contributed by atoms with Gasteiger partial charge in [0.15, 0.2) is 0 Å². The second kappa shape index (κ2) is 7.60. The lowest BCUT2D eigenvalue weighted by molar-refractivity contribution is 0.728. The Labute approximate surface area is 59.6 Å². The number of nitrogens with zero attached hydrogens (tertiary/aromatic N) is 3. The molecule has 0 aromatic rings. The van der Waals surface area contributed by atoms with Gasteiger partial charge in [0.1, 0.15) is 0 Å². The lowest BCUT2D eigenvalue weighted by Crippen LogP contribution is -1.80. The summed E-state index contributed by atoms with van der Waals surface area (Å²) in [5, 5.41) is 3.38. The molecule has 0 atom stereocenters. The summed E-state index contributed by atoms with van der Waals surface area (Å²) >= 11 is 5.41. The van der Waals surface area contributed by atoms with E-state index in [1.165, 1.54) is 0 Å². The van der Waals surface area contributed by atoms with Crippen molar-refractivity contribution in [2.24, 2.45) is 5.11 Å². The molecule has 0 rings (SSSR count). The quantitative estimate of drug-likeness (QED) is 0.189. The number of alkyl halides is 1. The van der Waals surface area contributed by atoms with E-state index in [2.05, 4.69) is 10.0 Å². The lowest BCUT2D eigenvalue weighted by Gasteiger charge is -1.90. The summed E-state index contributed by atoms with van der Waals surface area (Å²) in [6, 6.07) is 0. The fourth-order valence-corrected chi connectivity index (χ4v) is 0.687. The third-order valence-electron chi connectivity index (χ3n) is 0.955. The third kappa shape index (κ3) is 7.60. The van der Waals surface area contributed by atoms with E-state index < -0.39 is 0 Å². The first-order valence-electron chi connectivity index (χ1n) is 2.98. The molecule has 0 amide bonds. The monoisotopic (exact) mass is 147 g/mol. The molecular formula is C5H10ClN3. The van der Waals surface area contributed by atoms with Crippen LogP contribution in [-0.4, -0.2) is 12.4 Å². The van der Waals surface area contributed by atoms with Gasteiger partial charge >= 0.3 is 0 Å². The van der Waals surface area contributed by atoms with Gasteiger partial charge in [-0.1, -0.05) is 11.5 Å². The smallest absolute Gasteiger partial charge is 0.0257 e. The summed E-state index contributed by atoms with van der Waals surface area (Å²) in [7, 11) is 0. The van der Waals surface area contributed by atoms with E-state index in [9.17, 15) is 0 Å². The maximum Gasteiger partial charge on any atom is 0.0257 e. The van der Waals surface area contributed by atoms with Crippen molar-refractivity contribution in [2.45, 2.75) is 19.3 Å². The highest BCUT2D eigenvalue weighted by atomic mass is 35.5. The first-order valence-corrected chi connectivity index (χ1v) is 3.52. The van der Waals surface area contributed by atoms with Crippen molar-refractivity contribution in [1.29, 1.82) is 0 Å². The Morgan fingerprint density at radius 3 is 2.67 bits per heavy atom. The Morgan fingerprint density at radius 2 is 2.11 bits per heavy atom. The topological polar surface area (TPSA) is 48.8 Å². The molecule has 0 N–H and O–H groups in total. The molecule has 0 bridgehead atoms. The van der Waals surface area contributed by atoms with Gasteiger partial charge in [-0.15, -0.1) is 11.6 Å². The molecule has 0 heterocycles. The second-order valence-corrected chi connectivity index (χ2v) is 2.08. The molecule has 9 heavy (non-hydrogen) atoms. The van der Waals surface area contributed by atoms with Crippen molar-refractivity contribution in [3.05, 3.63) is 10.4 Å². The minimum atomic E-state index is 0.605. The summed E-state index contributed by atoms with van der Waals surface area (Å²) in [5.41, 5.74) is 7.86. The minimum Gasteiger partial charge on any atom is -0.127 e. The Hall–Kier alpha value is -0.400. The molecule has 52 valence electrons. The van der Waals surface area contributed by atoms with Gasteiger partial charge in [0.2, 0.25) is 0 Å². The number of rotatable bonds is 5. The first kappa shape index (κ1) is 8.60. The van der Waals surface area contributed by atoms with Crippen LogP contribution in [-0.2, 0) is 0 Å². The Bertz CT molecular complexity index is 98.4. The lowest BCUT2D eigenvalue weighted by atomic mass is 10.2. The molecule has 0 spiro atoms. The molecule has 0 radical (unpaired) electrons. The number of azide groups is 1. The predicted molar refractivity (Wildman–Crippen MR) is 38.6 cm³/mol. The van der Waals surface area contributed by atoms with E-state index in [-0.39, 0.29) is 0 Å². The van der Waals surface area contributed by atoms with E-state index in [0.29, 0.717) is 12.4 Å². The summed E-state index contributed by atoms with van der Waals surface area (Å²) in [6.45, 7) is 0.605. The van der Waals surface area contributed by atoms with Gasteiger partial charge in [-0.25, -0.2) is 0 Å². The van der Waals surface area contributed by atoms with Crippen molar-refractivity contribution in [1.82, 2.24) is 0 Å². The standard InChI is InChI=1S/C5H10ClN3/c6-4-2-1-3-5-8-9-7/h1-5H2. The predicted octanol–water partition coefficient (Wildman–Crippen LogP) is 2.71. The van der Waals surface area contributed by atoms with Crippen LogP contribution in [0, 0.1) is 0 Å². The largest absolute Gasteiger partial charge is 0.127 e. The van der Waals surface area contributed by atoms with Crippen molar-refractivity contribution in [3.63, 3.8) is 0 Å². The van der Waals surface area contributed by atoms with E-state index in [1.807, 2.05) is 0 Å². The molecule has 0 saturated carbocycles. The third-order valence-corrected chi connectivity index (χ3v) is 1.22. The van der Waals surface area contributed by atoms with Crippen LogP contribution in [0.2, 0.25) is 0 Å². The van der Waals surface area contributed by atoms with Crippen LogP contribution in [0.1, 0.15) is 19.3 Å². The zero-order chi connectivity index (χ0) is 6.95. The zero-order valence-electron chi connectivity index (χ0n) is 5.26. The van der Waals surface area contributed by atoms with Crippen LogP contribution in [0.5, 0.6) is 0 Å². The van der Waals surface area contributed by atoms with Crippen LogP contribution in [0.3, 0.4) is 0 Å². The zero-order valence-corrected chi connectivity index (χ0v) is 6.01. The van der Waals surface area contributed by atoms with Crippen molar-refractivity contribution in [2.75, 3.05) is 12.4 Å². The van der Waals surface area contributed by atoms with Gasteiger partial charge < -0.3 is 0 Å². The number of unbranched alkanes of at least 4 members (excludes halogenated alkanes) is 2. The van der Waals surface area contributed by atoms with Crippen molar-refractivity contribution in [3.8, 4) is 0 Å². The van der Waals surface area contributed by atoms with Gasteiger partial charge in [0.25, 0.3) is 0 Å². The van der Waals surface area contributed by atoms with Crippen LogP contribution >= 0.6 is 11.6 Å². The normalized spacial score (nSPS) is 8.56. The Balaban J connectivity index is 2.82. The molecule has 0 aliphatic heterocycles. The molecule has 3 nitrogen and oxygen atoms in total. The van der Waals surface area contributed by atoms with E-state index in [1.54, 1.807) is 0 Å². The van der Waals surface area contributed by atoms with E-state index in [4.69, 9.17) is 17.1 Å². The van der Waals surface area contributed by atoms with Gasteiger partial charge in [0.05, 0.1) is 0 Å². The molecule has 0 fully saturated rings. The van der Waals surface area contributed by atoms with E-state index in [0.717, 1.165) is 19.3 Å². The van der Waals surface area contributed by atoms with Gasteiger partial charge in [0, 0.05) is 17.3 Å². The molecule has 0 aliphatic carbocycles. The molecule has 0 saturated heterocycles. The second-order valence-electron chi connectivity index (χ2n) is 1.70. The highest BCUT2D eigenvalue weighted by Crippen LogP contribution is 1.96. The van der Waals surface area contributed by atoms with E-state index >= 15 is 0 Å². The number of hydrogen-bond donors (Lipinski definition) is 0. The van der Waals surface area contributed by atoms with Gasteiger partial charge in [-0.3, -0.25) is 0 Å². The average Bonchev–Trinajstić information content (AvgIpc) is 1.89. The molecule has 0 aromatic heterocycles. The SMILES string of the molecule is [N-]=[N+]=NCCCCCCl. The van der Waals surface area contributed by atoms with Crippen molar-refractivity contribution >= 4 is 11.6 Å². The highest BCUT2D eigenvalue weighted by molar-refractivity contribution is 6.17. The molecule has 0 unspecified atom stereocenters. The first-order chi connectivity index (χ1) is 4.41. The maximum absolute atomic E-state index is 7.86. The van der Waals surface area contributed by atoms with Crippen molar-refractivity contribution < 1.29 is 0 Å².